The summed E-state index contributed by atoms with van der Waals surface area (Å²) in [6.07, 6.45) is 4.98. The Balaban J connectivity index is 1.72. The smallest absolute Gasteiger partial charge is 0.272 e. The van der Waals surface area contributed by atoms with Crippen LogP contribution in [0.3, 0.4) is 0 Å². The molecule has 1 aliphatic heterocycles. The van der Waals surface area contributed by atoms with Crippen molar-refractivity contribution in [3.8, 4) is 0 Å². The lowest BCUT2D eigenvalue weighted by molar-refractivity contribution is 0.0758. The molecule has 9 heteroatoms. The number of sulfonamides is 1. The summed E-state index contributed by atoms with van der Waals surface area (Å²) >= 11 is 0. The predicted octanol–water partition coefficient (Wildman–Crippen LogP) is 0.352. The number of aryl methyl sites for hydroxylation is 1. The lowest BCUT2D eigenvalue weighted by Crippen LogP contribution is -2.37. The molecule has 0 unspecified atom stereocenters. The Hall–Kier alpha value is -2.26. The van der Waals surface area contributed by atoms with E-state index in [0.717, 1.165) is 0 Å². The Kier molecular flexibility index (Phi) is 4.63. The van der Waals surface area contributed by atoms with Crippen molar-refractivity contribution in [1.82, 2.24) is 24.0 Å². The highest BCUT2D eigenvalue weighted by atomic mass is 32.2. The number of amides is 1. The summed E-state index contributed by atoms with van der Waals surface area (Å²) in [7, 11) is -1.91. The minimum Gasteiger partial charge on any atom is -0.336 e. The van der Waals surface area contributed by atoms with Gasteiger partial charge in [0.25, 0.3) is 5.91 Å². The topological polar surface area (TPSA) is 88.4 Å². The first kappa shape index (κ1) is 16.6. The summed E-state index contributed by atoms with van der Waals surface area (Å²) in [6.45, 7) is 1.49. The van der Waals surface area contributed by atoms with Crippen molar-refractivity contribution in [2.24, 2.45) is 7.05 Å². The molecule has 1 fully saturated rings. The van der Waals surface area contributed by atoms with Gasteiger partial charge in [0.1, 0.15) is 10.6 Å². The lowest BCUT2D eigenvalue weighted by atomic mass is 10.3. The number of hydrogen-bond acceptors (Lipinski definition) is 5. The van der Waals surface area contributed by atoms with Crippen LogP contribution in [0, 0.1) is 0 Å². The molecule has 0 atom stereocenters. The Morgan fingerprint density at radius 1 is 1.17 bits per heavy atom. The molecule has 3 heterocycles. The second-order valence-electron chi connectivity index (χ2n) is 5.61. The average Bonchev–Trinajstić information content (AvgIpc) is 2.88. The van der Waals surface area contributed by atoms with Gasteiger partial charge in [-0.2, -0.15) is 9.40 Å². The molecule has 0 aliphatic carbocycles. The van der Waals surface area contributed by atoms with Crippen LogP contribution in [0.25, 0.3) is 0 Å². The number of carbonyl (C=O) groups is 1. The summed E-state index contributed by atoms with van der Waals surface area (Å²) in [5, 5.41) is 3.92. The van der Waals surface area contributed by atoms with Crippen molar-refractivity contribution in [3.63, 3.8) is 0 Å². The van der Waals surface area contributed by atoms with Crippen LogP contribution in [-0.4, -0.2) is 64.5 Å². The maximum absolute atomic E-state index is 12.7. The highest BCUT2D eigenvalue weighted by Crippen LogP contribution is 2.17. The van der Waals surface area contributed by atoms with Crippen molar-refractivity contribution in [2.75, 3.05) is 26.2 Å². The molecule has 0 N–H and O–H groups in total. The van der Waals surface area contributed by atoms with Gasteiger partial charge in [-0.1, -0.05) is 6.07 Å². The number of aromatic nitrogens is 3. The quantitative estimate of drug-likeness (QED) is 0.798. The molecule has 0 saturated carbocycles. The van der Waals surface area contributed by atoms with Crippen LogP contribution in [0.15, 0.2) is 41.7 Å². The predicted molar refractivity (Wildman–Crippen MR) is 86.7 cm³/mol. The molecule has 2 aromatic heterocycles. The van der Waals surface area contributed by atoms with Crippen molar-refractivity contribution in [2.45, 2.75) is 11.3 Å². The van der Waals surface area contributed by atoms with Crippen molar-refractivity contribution in [3.05, 3.63) is 42.5 Å². The maximum atomic E-state index is 12.7. The Morgan fingerprint density at radius 2 is 2.00 bits per heavy atom. The molecular weight excluding hydrogens is 330 g/mol. The fraction of sp³-hybridized carbons (Fsp3) is 0.400. The summed E-state index contributed by atoms with van der Waals surface area (Å²) in [4.78, 5) is 18.4. The Bertz CT molecular complexity index is 819. The third-order valence-corrected chi connectivity index (χ3v) is 5.80. The fourth-order valence-corrected chi connectivity index (χ4v) is 4.13. The van der Waals surface area contributed by atoms with Crippen molar-refractivity contribution in [1.29, 1.82) is 0 Å². The average molecular weight is 349 g/mol. The van der Waals surface area contributed by atoms with E-state index in [1.807, 2.05) is 0 Å². The van der Waals surface area contributed by atoms with Crippen molar-refractivity contribution < 1.29 is 13.2 Å². The molecule has 3 rings (SSSR count). The van der Waals surface area contributed by atoms with E-state index in [0.29, 0.717) is 31.7 Å². The zero-order chi connectivity index (χ0) is 17.2. The van der Waals surface area contributed by atoms with E-state index in [4.69, 9.17) is 0 Å². The molecule has 0 radical (unpaired) electrons. The summed E-state index contributed by atoms with van der Waals surface area (Å²) in [5.41, 5.74) is 0.376. The standard InChI is InChI=1S/C15H19N5O3S/c1-18-12-13(11-17-18)24(22,23)20-8-4-7-19(9-10-20)15(21)14-5-2-3-6-16-14/h2-3,5-6,11-12H,4,7-10H2,1H3. The van der Waals surface area contributed by atoms with Gasteiger partial charge in [-0.15, -0.1) is 0 Å². The molecule has 128 valence electrons. The Labute approximate surface area is 140 Å². The second-order valence-corrected chi connectivity index (χ2v) is 7.55. The molecule has 0 aromatic carbocycles. The first-order valence-corrected chi connectivity index (χ1v) is 9.11. The van der Waals surface area contributed by atoms with E-state index in [1.165, 1.54) is 21.4 Å². The molecule has 2 aromatic rings. The first-order valence-electron chi connectivity index (χ1n) is 7.67. The van der Waals surface area contributed by atoms with Crippen LogP contribution in [-0.2, 0) is 17.1 Å². The monoisotopic (exact) mass is 349 g/mol. The summed E-state index contributed by atoms with van der Waals surface area (Å²) in [6, 6.07) is 5.18. The third kappa shape index (κ3) is 3.31. The highest BCUT2D eigenvalue weighted by Gasteiger charge is 2.29. The van der Waals surface area contributed by atoms with Crippen LogP contribution in [0.1, 0.15) is 16.9 Å². The van der Waals surface area contributed by atoms with Crippen LogP contribution < -0.4 is 0 Å². The van der Waals surface area contributed by atoms with E-state index in [1.54, 1.807) is 36.3 Å². The van der Waals surface area contributed by atoms with Gasteiger partial charge in [0.15, 0.2) is 0 Å². The maximum Gasteiger partial charge on any atom is 0.272 e. The van der Waals surface area contributed by atoms with E-state index in [-0.39, 0.29) is 17.3 Å². The van der Waals surface area contributed by atoms with Crippen LogP contribution in [0.2, 0.25) is 0 Å². The SMILES string of the molecule is Cn1cc(S(=O)(=O)N2CCCN(C(=O)c3ccccn3)CC2)cn1. The lowest BCUT2D eigenvalue weighted by Gasteiger charge is -2.21. The zero-order valence-electron chi connectivity index (χ0n) is 13.4. The van der Waals surface area contributed by atoms with E-state index < -0.39 is 10.0 Å². The van der Waals surface area contributed by atoms with E-state index in [9.17, 15) is 13.2 Å². The molecule has 8 nitrogen and oxygen atoms in total. The van der Waals surface area contributed by atoms with Crippen LogP contribution in [0.5, 0.6) is 0 Å². The molecule has 1 aliphatic rings. The number of pyridine rings is 1. The van der Waals surface area contributed by atoms with Crippen LogP contribution >= 0.6 is 0 Å². The van der Waals surface area contributed by atoms with Gasteiger partial charge in [0, 0.05) is 45.6 Å². The third-order valence-electron chi connectivity index (χ3n) is 3.95. The van der Waals surface area contributed by atoms with Crippen molar-refractivity contribution >= 4 is 15.9 Å². The number of carbonyl (C=O) groups excluding carboxylic acids is 1. The molecule has 1 saturated heterocycles. The second kappa shape index (κ2) is 6.70. The van der Waals surface area contributed by atoms with Gasteiger partial charge < -0.3 is 4.90 Å². The highest BCUT2D eigenvalue weighted by molar-refractivity contribution is 7.89. The molecular formula is C15H19N5O3S. The van der Waals surface area contributed by atoms with Gasteiger partial charge >= 0.3 is 0 Å². The normalized spacial score (nSPS) is 16.8. The largest absolute Gasteiger partial charge is 0.336 e. The minimum atomic E-state index is -3.58. The van der Waals surface area contributed by atoms with Gasteiger partial charge in [0.05, 0.1) is 6.20 Å². The van der Waals surface area contributed by atoms with Gasteiger partial charge in [-0.25, -0.2) is 8.42 Å². The number of rotatable bonds is 3. The minimum absolute atomic E-state index is 0.170. The van der Waals surface area contributed by atoms with E-state index >= 15 is 0 Å². The molecule has 0 spiro atoms. The summed E-state index contributed by atoms with van der Waals surface area (Å²) < 4.78 is 28.2. The molecule has 1 amide bonds. The van der Waals surface area contributed by atoms with Gasteiger partial charge in [-0.05, 0) is 18.6 Å². The Morgan fingerprint density at radius 3 is 2.67 bits per heavy atom. The zero-order valence-corrected chi connectivity index (χ0v) is 14.2. The van der Waals surface area contributed by atoms with Crippen LogP contribution in [0.4, 0.5) is 0 Å². The molecule has 0 bridgehead atoms. The number of nitrogens with zero attached hydrogens (tertiary/aromatic N) is 5. The van der Waals surface area contributed by atoms with Gasteiger partial charge in [-0.3, -0.25) is 14.5 Å². The summed E-state index contributed by atoms with van der Waals surface area (Å²) in [5.74, 6) is -0.170. The first-order chi connectivity index (χ1) is 11.5. The van der Waals surface area contributed by atoms with E-state index in [2.05, 4.69) is 10.1 Å². The van der Waals surface area contributed by atoms with Gasteiger partial charge in [0.2, 0.25) is 10.0 Å². The molecule has 24 heavy (non-hydrogen) atoms. The number of hydrogen-bond donors (Lipinski definition) is 0. The fourth-order valence-electron chi connectivity index (χ4n) is 2.67.